The number of hydrogen-bond donors (Lipinski definition) is 0. The number of para-hydroxylation sites is 1. The highest BCUT2D eigenvalue weighted by Gasteiger charge is 2.22. The molecule has 0 unspecified atom stereocenters. The minimum absolute atomic E-state index is 0.0241. The fourth-order valence-corrected chi connectivity index (χ4v) is 4.02. The normalized spacial score (nSPS) is 13.9. The Morgan fingerprint density at radius 1 is 1.19 bits per heavy atom. The smallest absolute Gasteiger partial charge is 0.237 e. The van der Waals surface area contributed by atoms with Gasteiger partial charge in [0.2, 0.25) is 5.91 Å². The van der Waals surface area contributed by atoms with E-state index in [9.17, 15) is 9.18 Å². The molecule has 5 heteroatoms. The van der Waals surface area contributed by atoms with Gasteiger partial charge in [0, 0.05) is 22.1 Å². The molecule has 0 aliphatic carbocycles. The van der Waals surface area contributed by atoms with E-state index in [0.717, 1.165) is 16.3 Å². The standard InChI is InChI=1S/C16H14FNOS2/c17-12-5-1-3-7-14(12)21-11-16(19)18-9-10-20-15-8-4-2-6-13(15)18/h1-8H,9-11H2. The van der Waals surface area contributed by atoms with Gasteiger partial charge in [-0.3, -0.25) is 4.79 Å². The van der Waals surface area contributed by atoms with E-state index < -0.39 is 0 Å². The van der Waals surface area contributed by atoms with Gasteiger partial charge in [-0.15, -0.1) is 23.5 Å². The molecule has 0 saturated carbocycles. The predicted octanol–water partition coefficient (Wildman–Crippen LogP) is 4.06. The van der Waals surface area contributed by atoms with Gasteiger partial charge in [-0.1, -0.05) is 24.3 Å². The molecule has 1 aliphatic heterocycles. The Kier molecular flexibility index (Phi) is 4.51. The van der Waals surface area contributed by atoms with Crippen molar-refractivity contribution in [3.8, 4) is 0 Å². The van der Waals surface area contributed by atoms with Crippen molar-refractivity contribution in [2.45, 2.75) is 9.79 Å². The third-order valence-corrected chi connectivity index (χ3v) is 5.29. The minimum Gasteiger partial charge on any atom is -0.310 e. The molecule has 2 nitrogen and oxygen atoms in total. The van der Waals surface area contributed by atoms with Gasteiger partial charge in [-0.05, 0) is 24.3 Å². The maximum Gasteiger partial charge on any atom is 0.237 e. The molecule has 0 bridgehead atoms. The Bertz CT molecular complexity index is 662. The van der Waals surface area contributed by atoms with Crippen LogP contribution in [0, 0.1) is 5.82 Å². The first-order chi connectivity index (χ1) is 10.3. The predicted molar refractivity (Wildman–Crippen MR) is 86.6 cm³/mol. The third-order valence-electron chi connectivity index (χ3n) is 3.22. The summed E-state index contributed by atoms with van der Waals surface area (Å²) in [7, 11) is 0. The zero-order chi connectivity index (χ0) is 14.7. The molecule has 0 spiro atoms. The number of benzene rings is 2. The Hall–Kier alpha value is -1.46. The first kappa shape index (κ1) is 14.5. The third kappa shape index (κ3) is 3.24. The SMILES string of the molecule is O=C(CSc1ccccc1F)N1CCSc2ccccc21. The second kappa shape index (κ2) is 6.54. The second-order valence-corrected chi connectivity index (χ2v) is 6.73. The van der Waals surface area contributed by atoms with Crippen molar-refractivity contribution in [3.63, 3.8) is 0 Å². The van der Waals surface area contributed by atoms with Crippen LogP contribution in [0.2, 0.25) is 0 Å². The molecule has 21 heavy (non-hydrogen) atoms. The number of amides is 1. The molecule has 1 amide bonds. The lowest BCUT2D eigenvalue weighted by Crippen LogP contribution is -2.36. The Labute approximate surface area is 131 Å². The van der Waals surface area contributed by atoms with Crippen LogP contribution in [0.5, 0.6) is 0 Å². The maximum absolute atomic E-state index is 13.6. The monoisotopic (exact) mass is 319 g/mol. The molecule has 0 fully saturated rings. The van der Waals surface area contributed by atoms with Crippen LogP contribution in [0.25, 0.3) is 0 Å². The van der Waals surface area contributed by atoms with Crippen molar-refractivity contribution in [1.29, 1.82) is 0 Å². The van der Waals surface area contributed by atoms with Crippen molar-refractivity contribution >= 4 is 35.1 Å². The minimum atomic E-state index is -0.273. The molecular weight excluding hydrogens is 305 g/mol. The summed E-state index contributed by atoms with van der Waals surface area (Å²) >= 11 is 3.02. The number of carbonyl (C=O) groups excluding carboxylic acids is 1. The van der Waals surface area contributed by atoms with Crippen LogP contribution in [0.15, 0.2) is 58.3 Å². The topological polar surface area (TPSA) is 20.3 Å². The summed E-state index contributed by atoms with van der Waals surface area (Å²) in [4.78, 5) is 15.9. The highest BCUT2D eigenvalue weighted by molar-refractivity contribution is 8.00. The zero-order valence-electron chi connectivity index (χ0n) is 11.3. The highest BCUT2D eigenvalue weighted by atomic mass is 32.2. The lowest BCUT2D eigenvalue weighted by Gasteiger charge is -2.28. The Balaban J connectivity index is 1.71. The van der Waals surface area contributed by atoms with Gasteiger partial charge in [0.25, 0.3) is 0 Å². The highest BCUT2D eigenvalue weighted by Crippen LogP contribution is 2.35. The van der Waals surface area contributed by atoms with Crippen LogP contribution in [-0.2, 0) is 4.79 Å². The summed E-state index contributed by atoms with van der Waals surface area (Å²) in [6, 6.07) is 14.5. The van der Waals surface area contributed by atoms with Crippen molar-refractivity contribution < 1.29 is 9.18 Å². The van der Waals surface area contributed by atoms with Crippen molar-refractivity contribution in [2.24, 2.45) is 0 Å². The summed E-state index contributed by atoms with van der Waals surface area (Å²) in [5.74, 6) is 0.897. The Morgan fingerprint density at radius 2 is 1.95 bits per heavy atom. The fraction of sp³-hybridized carbons (Fsp3) is 0.188. The van der Waals surface area contributed by atoms with Crippen molar-refractivity contribution in [2.75, 3.05) is 23.0 Å². The van der Waals surface area contributed by atoms with Crippen LogP contribution in [0.3, 0.4) is 0 Å². The number of halogens is 1. The molecule has 2 aromatic carbocycles. The van der Waals surface area contributed by atoms with E-state index in [1.54, 1.807) is 34.9 Å². The molecule has 0 aromatic heterocycles. The first-order valence-corrected chi connectivity index (χ1v) is 8.62. The van der Waals surface area contributed by atoms with Gasteiger partial charge in [-0.25, -0.2) is 4.39 Å². The van der Waals surface area contributed by atoms with Gasteiger partial charge >= 0.3 is 0 Å². The summed E-state index contributed by atoms with van der Waals surface area (Å²) in [6.45, 7) is 0.707. The lowest BCUT2D eigenvalue weighted by atomic mass is 10.3. The van der Waals surface area contributed by atoms with Crippen LogP contribution < -0.4 is 4.90 Å². The van der Waals surface area contributed by atoms with E-state index in [-0.39, 0.29) is 17.5 Å². The average Bonchev–Trinajstić information content (AvgIpc) is 2.53. The number of thioether (sulfide) groups is 2. The van der Waals surface area contributed by atoms with E-state index in [2.05, 4.69) is 0 Å². The number of anilines is 1. The van der Waals surface area contributed by atoms with E-state index in [4.69, 9.17) is 0 Å². The number of nitrogens with zero attached hydrogens (tertiary/aromatic N) is 1. The largest absolute Gasteiger partial charge is 0.310 e. The molecule has 0 atom stereocenters. The van der Waals surface area contributed by atoms with Crippen LogP contribution in [-0.4, -0.2) is 24.0 Å². The molecule has 108 valence electrons. The maximum atomic E-state index is 13.6. The van der Waals surface area contributed by atoms with Gasteiger partial charge in [-0.2, -0.15) is 0 Å². The number of carbonyl (C=O) groups is 1. The van der Waals surface area contributed by atoms with Gasteiger partial charge in [0.1, 0.15) is 5.82 Å². The molecule has 1 heterocycles. The molecule has 0 N–H and O–H groups in total. The number of hydrogen-bond acceptors (Lipinski definition) is 3. The molecule has 1 aliphatic rings. The number of fused-ring (bicyclic) bond motifs is 1. The second-order valence-electron chi connectivity index (χ2n) is 4.58. The van der Waals surface area contributed by atoms with Gasteiger partial charge in [0.15, 0.2) is 0 Å². The summed E-state index contributed by atoms with van der Waals surface area (Å²) < 4.78 is 13.6. The van der Waals surface area contributed by atoms with Crippen molar-refractivity contribution in [1.82, 2.24) is 0 Å². The molecular formula is C16H14FNOS2. The van der Waals surface area contributed by atoms with Gasteiger partial charge < -0.3 is 4.90 Å². The summed E-state index contributed by atoms with van der Waals surface area (Å²) in [6.07, 6.45) is 0. The number of rotatable bonds is 3. The van der Waals surface area contributed by atoms with E-state index in [0.29, 0.717) is 11.4 Å². The van der Waals surface area contributed by atoms with Gasteiger partial charge in [0.05, 0.1) is 11.4 Å². The summed E-state index contributed by atoms with van der Waals surface area (Å²) in [5, 5.41) is 0. The zero-order valence-corrected chi connectivity index (χ0v) is 12.9. The molecule has 0 saturated heterocycles. The van der Waals surface area contributed by atoms with Crippen molar-refractivity contribution in [3.05, 3.63) is 54.3 Å². The average molecular weight is 319 g/mol. The van der Waals surface area contributed by atoms with E-state index in [1.165, 1.54) is 17.8 Å². The first-order valence-electron chi connectivity index (χ1n) is 6.65. The summed E-state index contributed by atoms with van der Waals surface area (Å²) in [5.41, 5.74) is 0.966. The quantitative estimate of drug-likeness (QED) is 0.796. The van der Waals surface area contributed by atoms with Crippen LogP contribution >= 0.6 is 23.5 Å². The fourth-order valence-electron chi connectivity index (χ4n) is 2.21. The van der Waals surface area contributed by atoms with Crippen LogP contribution in [0.1, 0.15) is 0 Å². The Morgan fingerprint density at radius 3 is 2.81 bits per heavy atom. The molecule has 0 radical (unpaired) electrons. The van der Waals surface area contributed by atoms with E-state index in [1.807, 2.05) is 24.3 Å². The van der Waals surface area contributed by atoms with Crippen LogP contribution in [0.4, 0.5) is 10.1 Å². The molecule has 2 aromatic rings. The molecule has 3 rings (SSSR count). The lowest BCUT2D eigenvalue weighted by molar-refractivity contribution is -0.116. The van der Waals surface area contributed by atoms with E-state index >= 15 is 0 Å².